The molecule has 1 fully saturated rings. The number of aromatic nitrogens is 3. The molecule has 0 spiro atoms. The molecule has 31 heavy (non-hydrogen) atoms. The molecule has 0 radical (unpaired) electrons. The number of aryl methyl sites for hydroxylation is 1. The molecule has 1 atom stereocenters. The Morgan fingerprint density at radius 3 is 2.77 bits per heavy atom. The van der Waals surface area contributed by atoms with Gasteiger partial charge >= 0.3 is 5.69 Å². The Labute approximate surface area is 184 Å². The molecule has 1 saturated heterocycles. The molecule has 0 aliphatic carbocycles. The monoisotopic (exact) mass is 432 g/mol. The summed E-state index contributed by atoms with van der Waals surface area (Å²) >= 11 is 1.48. The smallest absolute Gasteiger partial charge is 0.330 e. The molecule has 7 heteroatoms. The maximum absolute atomic E-state index is 13.5. The number of hydrogen-bond donors (Lipinski definition) is 0. The van der Waals surface area contributed by atoms with E-state index in [1.807, 2.05) is 65.7 Å². The summed E-state index contributed by atoms with van der Waals surface area (Å²) in [6, 6.07) is 15.7. The number of carbonyl (C=O) groups is 1. The fraction of sp³-hybridized carbons (Fsp3) is 0.292. The summed E-state index contributed by atoms with van der Waals surface area (Å²) in [5, 5.41) is 1.95. The van der Waals surface area contributed by atoms with Crippen LogP contribution in [0.15, 0.2) is 64.9 Å². The number of rotatable bonds is 4. The van der Waals surface area contributed by atoms with Gasteiger partial charge < -0.3 is 4.90 Å². The molecular formula is C24H24N4O2S. The van der Waals surface area contributed by atoms with E-state index >= 15 is 0 Å². The number of piperidine rings is 1. The van der Waals surface area contributed by atoms with Gasteiger partial charge in [0.2, 0.25) is 0 Å². The van der Waals surface area contributed by atoms with Crippen molar-refractivity contribution < 1.29 is 4.79 Å². The minimum absolute atomic E-state index is 0.0613. The topological polar surface area (TPSA) is 60.1 Å². The Hall–Kier alpha value is -3.19. The van der Waals surface area contributed by atoms with Crippen molar-refractivity contribution in [3.05, 3.63) is 86.6 Å². The zero-order valence-electron chi connectivity index (χ0n) is 17.4. The van der Waals surface area contributed by atoms with Crippen LogP contribution < -0.4 is 5.69 Å². The second-order valence-electron chi connectivity index (χ2n) is 8.05. The Morgan fingerprint density at radius 2 is 2.00 bits per heavy atom. The van der Waals surface area contributed by atoms with Crippen molar-refractivity contribution in [2.75, 3.05) is 13.1 Å². The first-order chi connectivity index (χ1) is 15.1. The molecule has 6 nitrogen and oxygen atoms in total. The second-order valence-corrected chi connectivity index (χ2v) is 8.97. The van der Waals surface area contributed by atoms with E-state index < -0.39 is 0 Å². The van der Waals surface area contributed by atoms with Crippen LogP contribution in [0.5, 0.6) is 0 Å². The third-order valence-electron chi connectivity index (χ3n) is 6.01. The van der Waals surface area contributed by atoms with Gasteiger partial charge in [-0.15, -0.1) is 11.3 Å². The van der Waals surface area contributed by atoms with Gasteiger partial charge in [0, 0.05) is 19.3 Å². The molecule has 1 aromatic carbocycles. The van der Waals surface area contributed by atoms with Crippen molar-refractivity contribution in [2.45, 2.75) is 32.4 Å². The summed E-state index contributed by atoms with van der Waals surface area (Å²) in [7, 11) is 0. The summed E-state index contributed by atoms with van der Waals surface area (Å²) in [6.07, 6.45) is 3.45. The largest absolute Gasteiger partial charge is 0.336 e. The summed E-state index contributed by atoms with van der Waals surface area (Å²) < 4.78 is 3.60. The normalized spacial score (nSPS) is 16.7. The molecule has 0 saturated carbocycles. The number of pyridine rings is 1. The molecule has 4 aromatic rings. The van der Waals surface area contributed by atoms with Crippen LogP contribution in [-0.4, -0.2) is 38.0 Å². The van der Waals surface area contributed by atoms with Crippen molar-refractivity contribution in [2.24, 2.45) is 0 Å². The van der Waals surface area contributed by atoms with Gasteiger partial charge in [0.05, 0.1) is 23.0 Å². The van der Waals surface area contributed by atoms with Crippen LogP contribution >= 0.6 is 11.3 Å². The van der Waals surface area contributed by atoms with Gasteiger partial charge in [-0.3, -0.25) is 13.9 Å². The lowest BCUT2D eigenvalue weighted by Gasteiger charge is -2.33. The van der Waals surface area contributed by atoms with Gasteiger partial charge in [-0.05, 0) is 54.5 Å². The van der Waals surface area contributed by atoms with E-state index in [4.69, 9.17) is 0 Å². The van der Waals surface area contributed by atoms with Crippen molar-refractivity contribution in [1.29, 1.82) is 0 Å². The lowest BCUT2D eigenvalue weighted by molar-refractivity contribution is 0.0683. The van der Waals surface area contributed by atoms with Gasteiger partial charge in [-0.1, -0.05) is 30.3 Å². The van der Waals surface area contributed by atoms with E-state index in [-0.39, 0.29) is 17.6 Å². The zero-order valence-corrected chi connectivity index (χ0v) is 18.2. The Kier molecular flexibility index (Phi) is 5.19. The van der Waals surface area contributed by atoms with Crippen LogP contribution in [0.1, 0.15) is 39.7 Å². The molecule has 0 bridgehead atoms. The highest BCUT2D eigenvalue weighted by atomic mass is 32.1. The number of imidazole rings is 1. The van der Waals surface area contributed by atoms with E-state index in [0.717, 1.165) is 40.9 Å². The van der Waals surface area contributed by atoms with Crippen molar-refractivity contribution in [3.8, 4) is 0 Å². The molecule has 5 rings (SSSR count). The summed E-state index contributed by atoms with van der Waals surface area (Å²) in [5.74, 6) is 0.0613. The van der Waals surface area contributed by atoms with Crippen LogP contribution in [0, 0.1) is 6.92 Å². The number of amides is 1. The number of carbonyl (C=O) groups excluding carboxylic acids is 1. The molecule has 1 amide bonds. The SMILES string of the molecule is Cc1ccsc1C(=O)N1CCC[C@H](n2c(=O)n(Cc3ccccc3)c3cccnc32)C1. The van der Waals surface area contributed by atoms with Crippen LogP contribution in [0.25, 0.3) is 11.2 Å². The first-order valence-corrected chi connectivity index (χ1v) is 11.4. The first kappa shape index (κ1) is 19.8. The van der Waals surface area contributed by atoms with Crippen LogP contribution in [0.3, 0.4) is 0 Å². The fourth-order valence-electron chi connectivity index (χ4n) is 4.44. The lowest BCUT2D eigenvalue weighted by atomic mass is 10.0. The third-order valence-corrected chi connectivity index (χ3v) is 7.02. The first-order valence-electron chi connectivity index (χ1n) is 10.6. The molecule has 0 unspecified atom stereocenters. The van der Waals surface area contributed by atoms with Gasteiger partial charge in [0.15, 0.2) is 5.65 Å². The van der Waals surface area contributed by atoms with Gasteiger partial charge in [0.25, 0.3) is 5.91 Å². The molecule has 1 aliphatic heterocycles. The molecule has 0 N–H and O–H groups in total. The van der Waals surface area contributed by atoms with E-state index in [1.54, 1.807) is 15.3 Å². The van der Waals surface area contributed by atoms with Crippen LogP contribution in [0.4, 0.5) is 0 Å². The minimum atomic E-state index is -0.0834. The maximum Gasteiger partial charge on any atom is 0.330 e. The molecule has 3 aromatic heterocycles. The predicted molar refractivity (Wildman–Crippen MR) is 123 cm³/mol. The highest BCUT2D eigenvalue weighted by Gasteiger charge is 2.30. The van der Waals surface area contributed by atoms with Crippen molar-refractivity contribution in [3.63, 3.8) is 0 Å². The highest BCUT2D eigenvalue weighted by molar-refractivity contribution is 7.12. The van der Waals surface area contributed by atoms with Crippen LogP contribution in [0.2, 0.25) is 0 Å². The van der Waals surface area contributed by atoms with Crippen molar-refractivity contribution >= 4 is 28.4 Å². The quantitative estimate of drug-likeness (QED) is 0.488. The minimum Gasteiger partial charge on any atom is -0.336 e. The molecular weight excluding hydrogens is 408 g/mol. The van der Waals surface area contributed by atoms with E-state index in [2.05, 4.69) is 4.98 Å². The lowest BCUT2D eigenvalue weighted by Crippen LogP contribution is -2.43. The van der Waals surface area contributed by atoms with Crippen LogP contribution in [-0.2, 0) is 6.54 Å². The zero-order chi connectivity index (χ0) is 21.4. The molecule has 158 valence electrons. The van der Waals surface area contributed by atoms with Gasteiger partial charge in [-0.2, -0.15) is 0 Å². The number of nitrogens with zero attached hydrogens (tertiary/aromatic N) is 4. The number of likely N-dealkylation sites (tertiary alicyclic amines) is 1. The second kappa shape index (κ2) is 8.15. The summed E-state index contributed by atoms with van der Waals surface area (Å²) in [4.78, 5) is 33.9. The predicted octanol–water partition coefficient (Wildman–Crippen LogP) is 4.09. The maximum atomic E-state index is 13.5. The highest BCUT2D eigenvalue weighted by Crippen LogP contribution is 2.27. The summed E-state index contributed by atoms with van der Waals surface area (Å²) in [5.41, 5.74) is 3.53. The number of thiophene rings is 1. The molecule has 4 heterocycles. The average Bonchev–Trinajstić information content (AvgIpc) is 3.35. The third kappa shape index (κ3) is 3.59. The molecule has 1 aliphatic rings. The van der Waals surface area contributed by atoms with Crippen molar-refractivity contribution in [1.82, 2.24) is 19.0 Å². The Bertz CT molecular complexity index is 1290. The fourth-order valence-corrected chi connectivity index (χ4v) is 5.33. The van der Waals surface area contributed by atoms with E-state index in [1.165, 1.54) is 11.3 Å². The average molecular weight is 433 g/mol. The van der Waals surface area contributed by atoms with Gasteiger partial charge in [0.1, 0.15) is 0 Å². The Morgan fingerprint density at radius 1 is 1.16 bits per heavy atom. The standard InChI is InChI=1S/C24H24N4O2S/c1-17-11-14-31-21(17)23(29)26-13-6-9-19(16-26)28-22-20(10-5-12-25-22)27(24(28)30)15-18-7-3-2-4-8-18/h2-5,7-8,10-12,14,19H,6,9,13,15-16H2,1H3/t19-/m0/s1. The number of fused-ring (bicyclic) bond motifs is 1. The number of benzene rings is 1. The Balaban J connectivity index is 1.51. The van der Waals surface area contributed by atoms with Gasteiger partial charge in [-0.25, -0.2) is 9.78 Å². The van der Waals surface area contributed by atoms with E-state index in [9.17, 15) is 9.59 Å². The van der Waals surface area contributed by atoms with E-state index in [0.29, 0.717) is 18.7 Å². The number of hydrogen-bond acceptors (Lipinski definition) is 4. The summed E-state index contributed by atoms with van der Waals surface area (Å²) in [6.45, 7) is 3.71.